The Morgan fingerprint density at radius 1 is 1.04 bits per heavy atom. The molecule has 1 aliphatic rings. The summed E-state index contributed by atoms with van der Waals surface area (Å²) in [5, 5.41) is 0. The molecule has 0 amide bonds. The summed E-state index contributed by atoms with van der Waals surface area (Å²) >= 11 is 0. The maximum atomic E-state index is 12.9. The first kappa shape index (κ1) is 22.4. The minimum Gasteiger partial charge on any atom is -0.462 e. The van der Waals surface area contributed by atoms with Crippen molar-refractivity contribution in [1.29, 1.82) is 0 Å². The summed E-state index contributed by atoms with van der Waals surface area (Å²) in [7, 11) is -0.742. The zero-order valence-corrected chi connectivity index (χ0v) is 18.2. The van der Waals surface area contributed by atoms with E-state index in [-0.39, 0.29) is 11.1 Å². The standard InChI is InChI=1S/C21H31BO6/c1-9-12-25-17(23)14-10-11-16(15(13-14)18(24)26-19(2,3)4)22-27-20(5,6)21(7,8)28-22/h10-11,13H,9,12H2,1-8H3. The predicted octanol–water partition coefficient (Wildman–Crippen LogP) is 3.51. The van der Waals surface area contributed by atoms with Gasteiger partial charge in [0.15, 0.2) is 0 Å². The molecule has 0 radical (unpaired) electrons. The Kier molecular flexibility index (Phi) is 6.31. The molecular weight excluding hydrogens is 359 g/mol. The summed E-state index contributed by atoms with van der Waals surface area (Å²) in [5.74, 6) is -1.02. The highest BCUT2D eigenvalue weighted by atomic mass is 16.7. The van der Waals surface area contributed by atoms with E-state index < -0.39 is 35.9 Å². The number of rotatable bonds is 5. The quantitative estimate of drug-likeness (QED) is 0.566. The van der Waals surface area contributed by atoms with E-state index >= 15 is 0 Å². The number of ether oxygens (including phenoxy) is 2. The van der Waals surface area contributed by atoms with E-state index in [9.17, 15) is 9.59 Å². The highest BCUT2D eigenvalue weighted by Crippen LogP contribution is 2.36. The monoisotopic (exact) mass is 390 g/mol. The third-order valence-electron chi connectivity index (χ3n) is 4.85. The molecule has 0 N–H and O–H groups in total. The van der Waals surface area contributed by atoms with Gasteiger partial charge in [-0.3, -0.25) is 0 Å². The van der Waals surface area contributed by atoms with Crippen LogP contribution in [0.5, 0.6) is 0 Å². The number of hydrogen-bond acceptors (Lipinski definition) is 6. The minimum atomic E-state index is -0.742. The zero-order chi connectivity index (χ0) is 21.3. The Bertz CT molecular complexity index is 732. The normalized spacial score (nSPS) is 18.1. The Morgan fingerprint density at radius 2 is 1.61 bits per heavy atom. The van der Waals surface area contributed by atoms with Crippen LogP contribution in [0.2, 0.25) is 0 Å². The molecular formula is C21H31BO6. The first-order chi connectivity index (χ1) is 12.8. The van der Waals surface area contributed by atoms with Crippen molar-refractivity contribution in [3.05, 3.63) is 29.3 Å². The zero-order valence-electron chi connectivity index (χ0n) is 18.2. The molecule has 1 heterocycles. The van der Waals surface area contributed by atoms with Crippen LogP contribution in [-0.2, 0) is 18.8 Å². The van der Waals surface area contributed by atoms with Crippen molar-refractivity contribution in [2.24, 2.45) is 0 Å². The van der Waals surface area contributed by atoms with Crippen LogP contribution in [0.1, 0.15) is 82.5 Å². The first-order valence-electron chi connectivity index (χ1n) is 9.67. The molecule has 1 saturated heterocycles. The molecule has 0 aliphatic carbocycles. The molecule has 1 aromatic rings. The third-order valence-corrected chi connectivity index (χ3v) is 4.85. The van der Waals surface area contributed by atoms with Crippen molar-refractivity contribution in [3.63, 3.8) is 0 Å². The van der Waals surface area contributed by atoms with Gasteiger partial charge >= 0.3 is 19.1 Å². The summed E-state index contributed by atoms with van der Waals surface area (Å²) < 4.78 is 22.9. The largest absolute Gasteiger partial charge is 0.495 e. The number of carbonyl (C=O) groups excluding carboxylic acids is 2. The van der Waals surface area contributed by atoms with E-state index in [1.807, 2.05) is 34.6 Å². The fraction of sp³-hybridized carbons (Fsp3) is 0.619. The molecule has 2 rings (SSSR count). The van der Waals surface area contributed by atoms with Crippen LogP contribution in [0, 0.1) is 0 Å². The summed E-state index contributed by atoms with van der Waals surface area (Å²) in [6.45, 7) is 15.4. The summed E-state index contributed by atoms with van der Waals surface area (Å²) in [6.07, 6.45) is 0.719. The molecule has 6 nitrogen and oxygen atoms in total. The molecule has 7 heteroatoms. The van der Waals surface area contributed by atoms with Crippen LogP contribution in [0.25, 0.3) is 0 Å². The molecule has 0 bridgehead atoms. The lowest BCUT2D eigenvalue weighted by Crippen LogP contribution is -2.41. The van der Waals surface area contributed by atoms with Crippen LogP contribution in [0.3, 0.4) is 0 Å². The maximum Gasteiger partial charge on any atom is 0.495 e. The molecule has 1 aliphatic heterocycles. The fourth-order valence-electron chi connectivity index (χ4n) is 2.65. The van der Waals surface area contributed by atoms with Crippen molar-refractivity contribution in [2.75, 3.05) is 6.61 Å². The molecule has 0 spiro atoms. The topological polar surface area (TPSA) is 71.1 Å². The van der Waals surface area contributed by atoms with Gasteiger partial charge in [0.25, 0.3) is 0 Å². The number of benzene rings is 1. The van der Waals surface area contributed by atoms with E-state index in [1.54, 1.807) is 32.9 Å². The number of carbonyl (C=O) groups is 2. The van der Waals surface area contributed by atoms with Gasteiger partial charge in [0.2, 0.25) is 0 Å². The van der Waals surface area contributed by atoms with Gasteiger partial charge in [0, 0.05) is 0 Å². The van der Waals surface area contributed by atoms with Crippen LogP contribution < -0.4 is 5.46 Å². The summed E-state index contributed by atoms with van der Waals surface area (Å²) in [4.78, 5) is 25.1. The molecule has 0 unspecified atom stereocenters. The number of hydrogen-bond donors (Lipinski definition) is 0. The van der Waals surface area contributed by atoms with Gasteiger partial charge in [-0.1, -0.05) is 13.0 Å². The van der Waals surface area contributed by atoms with Crippen molar-refractivity contribution in [1.82, 2.24) is 0 Å². The molecule has 154 valence electrons. The Labute approximate surface area is 168 Å². The SMILES string of the molecule is CCCOC(=O)c1ccc(B2OC(C)(C)C(C)(C)O2)c(C(=O)OC(C)(C)C)c1. The van der Waals surface area contributed by atoms with Crippen molar-refractivity contribution in [3.8, 4) is 0 Å². The fourth-order valence-corrected chi connectivity index (χ4v) is 2.65. The van der Waals surface area contributed by atoms with Crippen molar-refractivity contribution >= 4 is 24.5 Å². The Morgan fingerprint density at radius 3 is 2.11 bits per heavy atom. The molecule has 0 saturated carbocycles. The van der Waals surface area contributed by atoms with Gasteiger partial charge < -0.3 is 18.8 Å². The third kappa shape index (κ3) is 4.94. The lowest BCUT2D eigenvalue weighted by atomic mass is 9.75. The van der Waals surface area contributed by atoms with Crippen LogP contribution in [0.15, 0.2) is 18.2 Å². The Hall–Kier alpha value is -1.86. The van der Waals surface area contributed by atoms with Gasteiger partial charge in [-0.15, -0.1) is 0 Å². The first-order valence-corrected chi connectivity index (χ1v) is 9.67. The van der Waals surface area contributed by atoms with E-state index in [1.165, 1.54) is 6.07 Å². The van der Waals surface area contributed by atoms with E-state index in [0.717, 1.165) is 6.42 Å². The van der Waals surface area contributed by atoms with Crippen LogP contribution in [-0.4, -0.2) is 42.5 Å². The second-order valence-electron chi connectivity index (χ2n) is 9.03. The van der Waals surface area contributed by atoms with E-state index in [2.05, 4.69) is 0 Å². The second kappa shape index (κ2) is 7.87. The Balaban J connectivity index is 2.44. The van der Waals surface area contributed by atoms with Gasteiger partial charge in [0.1, 0.15) is 5.60 Å². The molecule has 0 aromatic heterocycles. The predicted molar refractivity (Wildman–Crippen MR) is 108 cm³/mol. The van der Waals surface area contributed by atoms with E-state index in [4.69, 9.17) is 18.8 Å². The summed E-state index contributed by atoms with van der Waals surface area (Å²) in [5.41, 5.74) is -0.736. The second-order valence-corrected chi connectivity index (χ2v) is 9.03. The average Bonchev–Trinajstić information content (AvgIpc) is 2.78. The van der Waals surface area contributed by atoms with Gasteiger partial charge in [-0.25, -0.2) is 9.59 Å². The minimum absolute atomic E-state index is 0.236. The molecule has 1 aromatic carbocycles. The summed E-state index contributed by atoms with van der Waals surface area (Å²) in [6, 6.07) is 4.78. The average molecular weight is 390 g/mol. The van der Waals surface area contributed by atoms with Gasteiger partial charge in [-0.05, 0) is 72.5 Å². The lowest BCUT2D eigenvalue weighted by molar-refractivity contribution is 0.00578. The highest BCUT2D eigenvalue weighted by molar-refractivity contribution is 6.63. The molecule has 0 atom stereocenters. The number of esters is 2. The maximum absolute atomic E-state index is 12.9. The molecule has 28 heavy (non-hydrogen) atoms. The molecule has 1 fully saturated rings. The van der Waals surface area contributed by atoms with Crippen LogP contribution >= 0.6 is 0 Å². The van der Waals surface area contributed by atoms with Gasteiger partial charge in [0.05, 0.1) is 28.9 Å². The lowest BCUT2D eigenvalue weighted by Gasteiger charge is -2.32. The highest BCUT2D eigenvalue weighted by Gasteiger charge is 2.52. The smallest absolute Gasteiger partial charge is 0.462 e. The van der Waals surface area contributed by atoms with Crippen molar-refractivity contribution in [2.45, 2.75) is 78.6 Å². The van der Waals surface area contributed by atoms with Crippen LogP contribution in [0.4, 0.5) is 0 Å². The van der Waals surface area contributed by atoms with Crippen molar-refractivity contribution < 1.29 is 28.4 Å². The van der Waals surface area contributed by atoms with E-state index in [0.29, 0.717) is 12.1 Å². The van der Waals surface area contributed by atoms with Gasteiger partial charge in [-0.2, -0.15) is 0 Å².